The Kier molecular flexibility index (Phi) is 4.64. The zero-order valence-electron chi connectivity index (χ0n) is 14.2. The van der Waals surface area contributed by atoms with Crippen LogP contribution in [0.5, 0.6) is 0 Å². The van der Waals surface area contributed by atoms with Crippen LogP contribution in [0.15, 0.2) is 45.8 Å². The summed E-state index contributed by atoms with van der Waals surface area (Å²) in [5.74, 6) is -0.166. The van der Waals surface area contributed by atoms with Gasteiger partial charge in [-0.2, -0.15) is 0 Å². The molecule has 2 aromatic rings. The SMILES string of the molecule is CC(=O)N1c2c(cc(Br)cc2S(=O)(=O)Nc2ccc(C)cc2)CC1C. The number of rotatable bonds is 3. The highest BCUT2D eigenvalue weighted by Crippen LogP contribution is 2.40. The summed E-state index contributed by atoms with van der Waals surface area (Å²) in [5, 5.41) is 0. The molecule has 25 heavy (non-hydrogen) atoms. The summed E-state index contributed by atoms with van der Waals surface area (Å²) in [6.45, 7) is 5.31. The van der Waals surface area contributed by atoms with Gasteiger partial charge in [-0.25, -0.2) is 8.42 Å². The average Bonchev–Trinajstić information content (AvgIpc) is 2.84. The molecule has 5 nitrogen and oxygen atoms in total. The molecule has 0 aliphatic carbocycles. The molecule has 0 bridgehead atoms. The Morgan fingerprint density at radius 1 is 1.24 bits per heavy atom. The Morgan fingerprint density at radius 3 is 2.48 bits per heavy atom. The number of sulfonamides is 1. The van der Waals surface area contributed by atoms with Crippen LogP contribution in [0.2, 0.25) is 0 Å². The van der Waals surface area contributed by atoms with Gasteiger partial charge in [-0.05, 0) is 50.1 Å². The lowest BCUT2D eigenvalue weighted by Gasteiger charge is -2.23. The maximum atomic E-state index is 13.0. The molecule has 1 aliphatic rings. The molecule has 1 N–H and O–H groups in total. The van der Waals surface area contributed by atoms with E-state index in [1.165, 1.54) is 6.92 Å². The smallest absolute Gasteiger partial charge is 0.264 e. The Morgan fingerprint density at radius 2 is 1.88 bits per heavy atom. The molecule has 1 amide bonds. The molecule has 1 heterocycles. The second-order valence-electron chi connectivity index (χ2n) is 6.33. The van der Waals surface area contributed by atoms with Crippen LogP contribution in [0.4, 0.5) is 11.4 Å². The van der Waals surface area contributed by atoms with Crippen molar-refractivity contribution in [2.24, 2.45) is 0 Å². The van der Waals surface area contributed by atoms with Crippen LogP contribution in [-0.2, 0) is 21.2 Å². The van der Waals surface area contributed by atoms with E-state index >= 15 is 0 Å². The van der Waals surface area contributed by atoms with Crippen LogP contribution in [0.25, 0.3) is 0 Å². The molecular formula is C18H19BrN2O3S. The van der Waals surface area contributed by atoms with Crippen molar-refractivity contribution in [3.8, 4) is 0 Å². The van der Waals surface area contributed by atoms with Crippen LogP contribution < -0.4 is 9.62 Å². The number of hydrogen-bond donors (Lipinski definition) is 1. The fraction of sp³-hybridized carbons (Fsp3) is 0.278. The minimum atomic E-state index is -3.84. The van der Waals surface area contributed by atoms with Crippen molar-refractivity contribution in [1.82, 2.24) is 0 Å². The molecular weight excluding hydrogens is 404 g/mol. The van der Waals surface area contributed by atoms with Gasteiger partial charge >= 0.3 is 0 Å². The fourth-order valence-corrected chi connectivity index (χ4v) is 5.17. The van der Waals surface area contributed by atoms with Gasteiger partial charge in [0.15, 0.2) is 0 Å². The first kappa shape index (κ1) is 17.9. The van der Waals surface area contributed by atoms with Crippen molar-refractivity contribution < 1.29 is 13.2 Å². The number of amides is 1. The van der Waals surface area contributed by atoms with Crippen molar-refractivity contribution in [3.63, 3.8) is 0 Å². The summed E-state index contributed by atoms with van der Waals surface area (Å²) in [5.41, 5.74) is 2.85. The summed E-state index contributed by atoms with van der Waals surface area (Å²) >= 11 is 3.38. The van der Waals surface area contributed by atoms with E-state index in [-0.39, 0.29) is 16.8 Å². The second-order valence-corrected chi connectivity index (χ2v) is 8.89. The van der Waals surface area contributed by atoms with Gasteiger partial charge in [0.05, 0.1) is 5.69 Å². The third kappa shape index (κ3) is 3.43. The Bertz CT molecular complexity index is 940. The number of carbonyl (C=O) groups is 1. The molecule has 132 valence electrons. The lowest BCUT2D eigenvalue weighted by Crippen LogP contribution is -2.34. The van der Waals surface area contributed by atoms with Crippen molar-refractivity contribution in [3.05, 3.63) is 52.0 Å². The number of fused-ring (bicyclic) bond motifs is 1. The number of halogens is 1. The normalized spacial score (nSPS) is 16.6. The molecule has 1 aliphatic heterocycles. The topological polar surface area (TPSA) is 66.5 Å². The predicted molar refractivity (Wildman–Crippen MR) is 102 cm³/mol. The maximum absolute atomic E-state index is 13.0. The van der Waals surface area contributed by atoms with Crippen LogP contribution in [0.1, 0.15) is 25.0 Å². The Balaban J connectivity index is 2.11. The number of aryl methyl sites for hydroxylation is 1. The monoisotopic (exact) mass is 422 g/mol. The average molecular weight is 423 g/mol. The lowest BCUT2D eigenvalue weighted by molar-refractivity contribution is -0.116. The molecule has 2 aromatic carbocycles. The van der Waals surface area contributed by atoms with Crippen molar-refractivity contribution in [2.75, 3.05) is 9.62 Å². The zero-order chi connectivity index (χ0) is 18.4. The molecule has 0 saturated heterocycles. The molecule has 1 unspecified atom stereocenters. The molecule has 0 saturated carbocycles. The quantitative estimate of drug-likeness (QED) is 0.816. The molecule has 0 spiro atoms. The first-order valence-electron chi connectivity index (χ1n) is 7.91. The highest BCUT2D eigenvalue weighted by atomic mass is 79.9. The van der Waals surface area contributed by atoms with E-state index < -0.39 is 10.0 Å². The largest absolute Gasteiger partial charge is 0.308 e. The zero-order valence-corrected chi connectivity index (χ0v) is 16.6. The van der Waals surface area contributed by atoms with E-state index in [4.69, 9.17) is 0 Å². The van der Waals surface area contributed by atoms with Crippen LogP contribution in [0, 0.1) is 6.92 Å². The molecule has 0 radical (unpaired) electrons. The van der Waals surface area contributed by atoms with Crippen molar-refractivity contribution >= 4 is 43.2 Å². The third-order valence-electron chi connectivity index (χ3n) is 4.25. The van der Waals surface area contributed by atoms with E-state index in [0.29, 0.717) is 22.3 Å². The maximum Gasteiger partial charge on any atom is 0.264 e. The fourth-order valence-electron chi connectivity index (χ4n) is 3.19. The van der Waals surface area contributed by atoms with E-state index in [1.54, 1.807) is 23.1 Å². The third-order valence-corrected chi connectivity index (χ3v) is 6.10. The molecule has 0 fully saturated rings. The minimum absolute atomic E-state index is 0.0740. The van der Waals surface area contributed by atoms with Gasteiger partial charge in [0.2, 0.25) is 5.91 Å². The minimum Gasteiger partial charge on any atom is -0.308 e. The Hall–Kier alpha value is -1.86. The highest BCUT2D eigenvalue weighted by molar-refractivity contribution is 9.10. The standard InChI is InChI=1S/C18H19BrN2O3S/c1-11-4-6-16(7-5-11)20-25(23,24)17-10-15(19)9-14-8-12(2)21(13(3)22)18(14)17/h4-7,9-10,12,20H,8H2,1-3H3. The highest BCUT2D eigenvalue weighted by Gasteiger charge is 2.35. The summed E-state index contributed by atoms with van der Waals surface area (Å²) in [6.07, 6.45) is 0.626. The van der Waals surface area contributed by atoms with Crippen molar-refractivity contribution in [1.29, 1.82) is 0 Å². The van der Waals surface area contributed by atoms with Gasteiger partial charge in [-0.15, -0.1) is 0 Å². The van der Waals surface area contributed by atoms with Gasteiger partial charge in [-0.1, -0.05) is 33.6 Å². The van der Waals surface area contributed by atoms with E-state index in [2.05, 4.69) is 20.7 Å². The first-order valence-corrected chi connectivity index (χ1v) is 10.2. The summed E-state index contributed by atoms with van der Waals surface area (Å²) in [4.78, 5) is 13.7. The number of nitrogens with one attached hydrogen (secondary N) is 1. The van der Waals surface area contributed by atoms with Gasteiger partial charge in [0.25, 0.3) is 10.0 Å². The number of carbonyl (C=O) groups excluding carboxylic acids is 1. The van der Waals surface area contributed by atoms with Gasteiger partial charge in [0.1, 0.15) is 4.90 Å². The predicted octanol–water partition coefficient (Wildman–Crippen LogP) is 3.86. The van der Waals surface area contributed by atoms with Gasteiger partial charge in [0, 0.05) is 23.1 Å². The van der Waals surface area contributed by atoms with E-state index in [1.807, 2.05) is 32.0 Å². The van der Waals surface area contributed by atoms with Gasteiger partial charge in [-0.3, -0.25) is 9.52 Å². The van der Waals surface area contributed by atoms with Crippen molar-refractivity contribution in [2.45, 2.75) is 38.1 Å². The van der Waals surface area contributed by atoms with E-state index in [0.717, 1.165) is 11.1 Å². The first-order chi connectivity index (χ1) is 11.7. The van der Waals surface area contributed by atoms with Crippen LogP contribution in [-0.4, -0.2) is 20.4 Å². The lowest BCUT2D eigenvalue weighted by atomic mass is 10.1. The van der Waals surface area contributed by atoms with Crippen LogP contribution >= 0.6 is 15.9 Å². The molecule has 3 rings (SSSR count). The second kappa shape index (κ2) is 6.46. The molecule has 1 atom stereocenters. The number of benzene rings is 2. The van der Waals surface area contributed by atoms with Gasteiger partial charge < -0.3 is 4.90 Å². The van der Waals surface area contributed by atoms with Crippen LogP contribution in [0.3, 0.4) is 0 Å². The summed E-state index contributed by atoms with van der Waals surface area (Å²) < 4.78 is 29.3. The number of anilines is 2. The summed E-state index contributed by atoms with van der Waals surface area (Å²) in [6, 6.07) is 10.5. The number of nitrogens with zero attached hydrogens (tertiary/aromatic N) is 1. The number of hydrogen-bond acceptors (Lipinski definition) is 3. The molecule has 0 aromatic heterocycles. The summed E-state index contributed by atoms with van der Waals surface area (Å²) in [7, 11) is -3.84. The Labute approximate surface area is 156 Å². The molecule has 7 heteroatoms. The van der Waals surface area contributed by atoms with E-state index in [9.17, 15) is 13.2 Å².